The zero-order valence-electron chi connectivity index (χ0n) is 18.9. The van der Waals surface area contributed by atoms with Gasteiger partial charge in [0.2, 0.25) is 5.82 Å². The number of rotatable bonds is 7. The Bertz CT molecular complexity index is 1190. The summed E-state index contributed by atoms with van der Waals surface area (Å²) in [5.41, 5.74) is 2.83. The van der Waals surface area contributed by atoms with Gasteiger partial charge in [-0.15, -0.1) is 11.8 Å². The summed E-state index contributed by atoms with van der Waals surface area (Å²) < 4.78 is 24.8. The second-order valence-electron chi connectivity index (χ2n) is 7.58. The van der Waals surface area contributed by atoms with Gasteiger partial charge in [-0.2, -0.15) is 4.98 Å². The first-order valence-electron chi connectivity index (χ1n) is 10.6. The number of hydrogen-bond acceptors (Lipinski definition) is 6. The normalized spacial score (nSPS) is 16.2. The average molecular weight is 469 g/mol. The second-order valence-corrected chi connectivity index (χ2v) is 8.46. The fraction of sp³-hybridized carbons (Fsp3) is 0.292. The Kier molecular flexibility index (Phi) is 6.69. The third-order valence-corrected chi connectivity index (χ3v) is 6.30. The van der Waals surface area contributed by atoms with Crippen LogP contribution in [0.2, 0.25) is 0 Å². The van der Waals surface area contributed by atoms with Gasteiger partial charge in [-0.05, 0) is 55.5 Å². The Morgan fingerprint density at radius 2 is 2.00 bits per heavy atom. The highest BCUT2D eigenvalue weighted by Gasteiger charge is 2.35. The molecule has 4 rings (SSSR count). The molecule has 0 radical (unpaired) electrons. The maximum Gasteiger partial charge on any atom is 0.322 e. The maximum absolute atomic E-state index is 14.2. The lowest BCUT2D eigenvalue weighted by molar-refractivity contribution is 0.205. The van der Waals surface area contributed by atoms with E-state index < -0.39 is 11.9 Å². The minimum atomic E-state index is -0.512. The minimum absolute atomic E-state index is 0.139. The first-order valence-corrected chi connectivity index (χ1v) is 11.8. The zero-order valence-corrected chi connectivity index (χ0v) is 19.7. The van der Waals surface area contributed by atoms with Gasteiger partial charge < -0.3 is 14.6 Å². The number of nitrogens with zero attached hydrogens (tertiary/aromatic N) is 3. The number of hydrogen-bond donors (Lipinski definition) is 1. The van der Waals surface area contributed by atoms with Gasteiger partial charge in [0.15, 0.2) is 11.6 Å². The molecule has 0 spiro atoms. The number of carbonyl (C=O) groups excluding carboxylic acids is 1. The molecule has 1 unspecified atom stereocenters. The lowest BCUT2D eigenvalue weighted by Gasteiger charge is -2.35. The predicted molar refractivity (Wildman–Crippen MR) is 125 cm³/mol. The van der Waals surface area contributed by atoms with Crippen molar-refractivity contribution in [3.05, 3.63) is 65.4 Å². The molecular formula is C24H25FN4O3S. The number of ether oxygens (including phenoxy) is 1. The van der Waals surface area contributed by atoms with Gasteiger partial charge in [0.25, 0.3) is 5.89 Å². The van der Waals surface area contributed by atoms with E-state index in [9.17, 15) is 9.18 Å². The second kappa shape index (κ2) is 9.66. The molecule has 0 saturated heterocycles. The molecule has 0 bridgehead atoms. The van der Waals surface area contributed by atoms with Gasteiger partial charge in [0.1, 0.15) is 0 Å². The molecule has 1 aromatic heterocycles. The van der Waals surface area contributed by atoms with Gasteiger partial charge in [-0.25, -0.2) is 9.18 Å². The number of thioether (sulfide) groups is 1. The largest absolute Gasteiger partial charge is 0.494 e. The highest BCUT2D eigenvalue weighted by molar-refractivity contribution is 7.98. The van der Waals surface area contributed by atoms with Crippen LogP contribution in [0.5, 0.6) is 5.75 Å². The molecule has 0 aliphatic carbocycles. The van der Waals surface area contributed by atoms with Crippen LogP contribution < -0.4 is 10.1 Å². The quantitative estimate of drug-likeness (QED) is 0.460. The van der Waals surface area contributed by atoms with E-state index in [1.165, 1.54) is 19.2 Å². The number of carbonyl (C=O) groups is 1. The fourth-order valence-corrected chi connectivity index (χ4v) is 4.26. The van der Waals surface area contributed by atoms with Crippen LogP contribution in [0.3, 0.4) is 0 Å². The summed E-state index contributed by atoms with van der Waals surface area (Å²) in [5, 5.41) is 7.15. The van der Waals surface area contributed by atoms with E-state index in [-0.39, 0.29) is 23.5 Å². The third-order valence-electron chi connectivity index (χ3n) is 5.56. The van der Waals surface area contributed by atoms with E-state index in [0.29, 0.717) is 17.7 Å². The van der Waals surface area contributed by atoms with Crippen LogP contribution in [0, 0.1) is 5.82 Å². The summed E-state index contributed by atoms with van der Waals surface area (Å²) in [6.07, 6.45) is 2.81. The SMILES string of the molecule is CCCN1C(=O)NC(c2ccc(SC)cc2)C(c2nc(-c3ccc(OC)c(F)c3)no2)=C1C. The van der Waals surface area contributed by atoms with Gasteiger partial charge >= 0.3 is 6.03 Å². The Morgan fingerprint density at radius 1 is 1.24 bits per heavy atom. The number of nitrogens with one attached hydrogen (secondary N) is 1. The molecule has 1 aliphatic heterocycles. The molecule has 2 amide bonds. The van der Waals surface area contributed by atoms with Crippen molar-refractivity contribution in [2.75, 3.05) is 19.9 Å². The van der Waals surface area contributed by atoms with Crippen molar-refractivity contribution in [1.82, 2.24) is 20.4 Å². The summed E-state index contributed by atoms with van der Waals surface area (Å²) in [4.78, 5) is 20.2. The van der Waals surface area contributed by atoms with Crippen LogP contribution in [0.4, 0.5) is 9.18 Å². The summed E-state index contributed by atoms with van der Waals surface area (Å²) in [5.74, 6) is 0.156. The Hall–Kier alpha value is -3.33. The topological polar surface area (TPSA) is 80.5 Å². The number of benzene rings is 2. The van der Waals surface area contributed by atoms with E-state index in [0.717, 1.165) is 22.6 Å². The minimum Gasteiger partial charge on any atom is -0.494 e. The summed E-state index contributed by atoms with van der Waals surface area (Å²) in [6, 6.07) is 11.8. The van der Waals surface area contributed by atoms with Crippen LogP contribution >= 0.6 is 11.8 Å². The smallest absolute Gasteiger partial charge is 0.322 e. The van der Waals surface area contributed by atoms with E-state index in [4.69, 9.17) is 9.26 Å². The van der Waals surface area contributed by atoms with Crippen molar-refractivity contribution >= 4 is 23.4 Å². The Labute approximate surface area is 196 Å². The van der Waals surface area contributed by atoms with E-state index >= 15 is 0 Å². The fourth-order valence-electron chi connectivity index (χ4n) is 3.85. The molecule has 3 aromatic rings. The molecule has 2 aromatic carbocycles. The molecule has 2 heterocycles. The van der Waals surface area contributed by atoms with Crippen molar-refractivity contribution in [2.24, 2.45) is 0 Å². The van der Waals surface area contributed by atoms with Gasteiger partial charge in [0.05, 0.1) is 18.7 Å². The number of amides is 2. The van der Waals surface area contributed by atoms with Gasteiger partial charge in [-0.3, -0.25) is 4.90 Å². The molecule has 7 nitrogen and oxygen atoms in total. The van der Waals surface area contributed by atoms with Crippen molar-refractivity contribution in [3.63, 3.8) is 0 Å². The molecule has 0 saturated carbocycles. The third kappa shape index (κ3) is 4.45. The standard InChI is InChI=1S/C24H25FN4O3S/c1-5-12-29-14(2)20(21(26-24(29)30)15-6-9-17(33-4)10-7-15)23-27-22(28-32-23)16-8-11-19(31-3)18(25)13-16/h6-11,13,21H,5,12H2,1-4H3,(H,26,30). The van der Waals surface area contributed by atoms with Gasteiger partial charge in [0, 0.05) is 22.7 Å². The monoisotopic (exact) mass is 468 g/mol. The number of aromatic nitrogens is 2. The average Bonchev–Trinajstić information content (AvgIpc) is 3.31. The first kappa shape index (κ1) is 22.8. The lowest BCUT2D eigenvalue weighted by atomic mass is 9.94. The van der Waals surface area contributed by atoms with Crippen molar-refractivity contribution in [2.45, 2.75) is 31.2 Å². The molecular weight excluding hydrogens is 443 g/mol. The molecule has 9 heteroatoms. The maximum atomic E-state index is 14.2. The highest BCUT2D eigenvalue weighted by Crippen LogP contribution is 2.38. The number of methoxy groups -OCH3 is 1. The molecule has 1 atom stereocenters. The molecule has 1 aliphatic rings. The first-order chi connectivity index (χ1) is 16.0. The van der Waals surface area contributed by atoms with Crippen molar-refractivity contribution in [1.29, 1.82) is 0 Å². The zero-order chi connectivity index (χ0) is 23.5. The van der Waals surface area contributed by atoms with Crippen LogP contribution in [0.25, 0.3) is 17.0 Å². The van der Waals surface area contributed by atoms with Crippen molar-refractivity contribution < 1.29 is 18.4 Å². The van der Waals surface area contributed by atoms with Crippen LogP contribution in [-0.2, 0) is 0 Å². The number of urea groups is 1. The lowest BCUT2D eigenvalue weighted by Crippen LogP contribution is -2.46. The Balaban J connectivity index is 1.78. The highest BCUT2D eigenvalue weighted by atomic mass is 32.2. The number of halogens is 1. The van der Waals surface area contributed by atoms with Gasteiger partial charge in [-0.1, -0.05) is 24.2 Å². The van der Waals surface area contributed by atoms with E-state index in [1.807, 2.05) is 44.4 Å². The van der Waals surface area contributed by atoms with E-state index in [2.05, 4.69) is 15.5 Å². The van der Waals surface area contributed by atoms with Crippen LogP contribution in [0.15, 0.2) is 57.6 Å². The summed E-state index contributed by atoms with van der Waals surface area (Å²) in [6.45, 7) is 4.45. The van der Waals surface area contributed by atoms with Crippen LogP contribution in [0.1, 0.15) is 37.8 Å². The van der Waals surface area contributed by atoms with Crippen LogP contribution in [-0.4, -0.2) is 41.0 Å². The molecule has 33 heavy (non-hydrogen) atoms. The van der Waals surface area contributed by atoms with Crippen molar-refractivity contribution in [3.8, 4) is 17.1 Å². The summed E-state index contributed by atoms with van der Waals surface area (Å²) >= 11 is 1.65. The molecule has 0 fully saturated rings. The number of allylic oxidation sites excluding steroid dienone is 1. The predicted octanol–water partition coefficient (Wildman–Crippen LogP) is 5.51. The Morgan fingerprint density at radius 3 is 2.64 bits per heavy atom. The summed E-state index contributed by atoms with van der Waals surface area (Å²) in [7, 11) is 1.41. The molecule has 1 N–H and O–H groups in total. The molecule has 172 valence electrons. The van der Waals surface area contributed by atoms with E-state index in [1.54, 1.807) is 22.7 Å².